The maximum Gasteiger partial charge on any atom is 0.327 e. The summed E-state index contributed by atoms with van der Waals surface area (Å²) in [4.78, 5) is 6.37. The summed E-state index contributed by atoms with van der Waals surface area (Å²) in [6.45, 7) is 12.2. The molecule has 0 spiro atoms. The summed E-state index contributed by atoms with van der Waals surface area (Å²) in [5, 5.41) is 0. The molecule has 0 saturated carbocycles. The normalized spacial score (nSPS) is 12.5. The van der Waals surface area contributed by atoms with Gasteiger partial charge in [0.1, 0.15) is 18.2 Å². The van der Waals surface area contributed by atoms with Crippen molar-refractivity contribution in [3.05, 3.63) is 77.2 Å². The van der Waals surface area contributed by atoms with Crippen LogP contribution in [0.4, 0.5) is 4.39 Å². The predicted molar refractivity (Wildman–Crippen MR) is 149 cm³/mol. The fourth-order valence-electron chi connectivity index (χ4n) is 4.62. The fraction of sp³-hybridized carbons (Fsp3) is 0.433. The van der Waals surface area contributed by atoms with Crippen LogP contribution in [-0.4, -0.2) is 35.7 Å². The van der Waals surface area contributed by atoms with Gasteiger partial charge in [0.15, 0.2) is 0 Å². The first-order chi connectivity index (χ1) is 18.3. The van der Waals surface area contributed by atoms with E-state index < -0.39 is 0 Å². The molecule has 0 fully saturated rings. The first kappa shape index (κ1) is 29.7. The van der Waals surface area contributed by atoms with Crippen LogP contribution in [0.2, 0.25) is 0 Å². The number of hydrogen-bond acceptors (Lipinski definition) is 6. The summed E-state index contributed by atoms with van der Waals surface area (Å²) in [6, 6.07) is 16.2. The van der Waals surface area contributed by atoms with Crippen molar-refractivity contribution in [2.75, 3.05) is 13.7 Å². The number of nitrogens with zero attached hydrogens (tertiary/aromatic N) is 2. The Morgan fingerprint density at radius 3 is 2.45 bits per heavy atom. The highest BCUT2D eigenvalue weighted by molar-refractivity contribution is 7.17. The second-order valence-corrected chi connectivity index (χ2v) is 10.3. The van der Waals surface area contributed by atoms with E-state index in [4.69, 9.17) is 14.0 Å². The van der Waals surface area contributed by atoms with Crippen LogP contribution in [0.1, 0.15) is 63.6 Å². The van der Waals surface area contributed by atoms with Crippen LogP contribution in [0.15, 0.2) is 54.7 Å². The molecule has 0 aliphatic carbocycles. The Kier molecular flexibility index (Phi) is 11.2. The van der Waals surface area contributed by atoms with E-state index in [1.807, 2.05) is 36.4 Å². The molecule has 1 heterocycles. The van der Waals surface area contributed by atoms with E-state index in [-0.39, 0.29) is 20.4 Å². The number of halogens is 1. The molecule has 1 atom stereocenters. The lowest BCUT2D eigenvalue weighted by molar-refractivity contribution is 0.166. The minimum absolute atomic E-state index is 0.135. The van der Waals surface area contributed by atoms with E-state index in [9.17, 15) is 8.96 Å². The lowest BCUT2D eigenvalue weighted by Crippen LogP contribution is -2.36. The van der Waals surface area contributed by atoms with Crippen molar-refractivity contribution in [2.24, 2.45) is 0 Å². The zero-order valence-electron chi connectivity index (χ0n) is 23.1. The topological polar surface area (TPSA) is 60.9 Å². The Labute approximate surface area is 227 Å². The van der Waals surface area contributed by atoms with Gasteiger partial charge in [0.2, 0.25) is 5.88 Å². The smallest absolute Gasteiger partial charge is 0.327 e. The molecule has 204 valence electrons. The minimum atomic E-state index is -0.389. The zero-order chi connectivity index (χ0) is 27.7. The summed E-state index contributed by atoms with van der Waals surface area (Å²) in [7, 11) is 1.22. The van der Waals surface area contributed by atoms with E-state index in [1.165, 1.54) is 13.3 Å². The molecule has 0 aliphatic heterocycles. The molecule has 0 saturated heterocycles. The van der Waals surface area contributed by atoms with Crippen LogP contribution >= 0.6 is 8.69 Å². The van der Waals surface area contributed by atoms with E-state index in [2.05, 4.69) is 50.6 Å². The molecule has 3 rings (SSSR count). The summed E-state index contributed by atoms with van der Waals surface area (Å²) in [5.74, 6) is 0.868. The third-order valence-corrected chi connectivity index (χ3v) is 6.99. The van der Waals surface area contributed by atoms with Crippen LogP contribution < -0.4 is 9.47 Å². The third kappa shape index (κ3) is 7.83. The van der Waals surface area contributed by atoms with Crippen molar-refractivity contribution in [1.82, 2.24) is 9.88 Å². The van der Waals surface area contributed by atoms with Gasteiger partial charge in [-0.1, -0.05) is 37.3 Å². The van der Waals surface area contributed by atoms with Gasteiger partial charge in [-0.3, -0.25) is 9.42 Å². The van der Waals surface area contributed by atoms with Gasteiger partial charge in [0.05, 0.1) is 19.9 Å². The number of rotatable bonds is 14. The standard InChI is InChI=1S/C30H38FN2O4P/c1-7-23(19-37-38-34)24-9-8-10-26(14-24)36-18-22-11-12-27(28-15-30(35-6)32-16-29(28)31)25(13-22)17-33(20(2)3)21(4)5/h8-16,20-21,23H,7,17-19H2,1-6H3. The quantitative estimate of drug-likeness (QED) is 0.194. The van der Waals surface area contributed by atoms with Crippen molar-refractivity contribution in [1.29, 1.82) is 0 Å². The molecule has 1 aromatic heterocycles. The molecule has 0 radical (unpaired) electrons. The van der Waals surface area contributed by atoms with E-state index in [1.54, 1.807) is 6.07 Å². The van der Waals surface area contributed by atoms with E-state index >= 15 is 0 Å². The van der Waals surface area contributed by atoms with Gasteiger partial charge in [0, 0.05) is 36.2 Å². The summed E-state index contributed by atoms with van der Waals surface area (Å²) in [5.41, 5.74) is 4.35. The van der Waals surface area contributed by atoms with Gasteiger partial charge in [-0.25, -0.2) is 13.9 Å². The molecule has 0 amide bonds. The van der Waals surface area contributed by atoms with Crippen molar-refractivity contribution in [3.8, 4) is 22.8 Å². The van der Waals surface area contributed by atoms with Gasteiger partial charge in [-0.05, 0) is 68.5 Å². The monoisotopic (exact) mass is 540 g/mol. The Balaban J connectivity index is 1.91. The Morgan fingerprint density at radius 1 is 1.03 bits per heavy atom. The lowest BCUT2D eigenvalue weighted by atomic mass is 9.96. The van der Waals surface area contributed by atoms with Crippen molar-refractivity contribution in [3.63, 3.8) is 0 Å². The molecular weight excluding hydrogens is 502 g/mol. The average Bonchev–Trinajstić information content (AvgIpc) is 2.91. The predicted octanol–water partition coefficient (Wildman–Crippen LogP) is 7.81. The van der Waals surface area contributed by atoms with Crippen LogP contribution in [0.25, 0.3) is 11.1 Å². The molecule has 2 aromatic carbocycles. The average molecular weight is 541 g/mol. The minimum Gasteiger partial charge on any atom is -0.489 e. The van der Waals surface area contributed by atoms with E-state index in [0.29, 0.717) is 43.3 Å². The summed E-state index contributed by atoms with van der Waals surface area (Å²) < 4.78 is 42.2. The van der Waals surface area contributed by atoms with Crippen molar-refractivity contribution >= 4 is 8.69 Å². The van der Waals surface area contributed by atoms with Crippen molar-refractivity contribution < 1.29 is 23.0 Å². The zero-order valence-corrected chi connectivity index (χ0v) is 24.0. The van der Waals surface area contributed by atoms with Gasteiger partial charge >= 0.3 is 8.69 Å². The summed E-state index contributed by atoms with van der Waals surface area (Å²) >= 11 is 0. The second kappa shape index (κ2) is 14.3. The summed E-state index contributed by atoms with van der Waals surface area (Å²) in [6.07, 6.45) is 2.07. The van der Waals surface area contributed by atoms with Gasteiger partial charge in [0.25, 0.3) is 0 Å². The Morgan fingerprint density at radius 2 is 1.79 bits per heavy atom. The fourth-order valence-corrected chi connectivity index (χ4v) is 4.86. The van der Waals surface area contributed by atoms with Crippen LogP contribution in [0, 0.1) is 5.82 Å². The highest BCUT2D eigenvalue weighted by Crippen LogP contribution is 2.32. The van der Waals surface area contributed by atoms with Gasteiger partial charge in [-0.15, -0.1) is 0 Å². The third-order valence-electron chi connectivity index (χ3n) is 6.73. The number of benzene rings is 2. The Bertz CT molecular complexity index is 1200. The Hall–Kier alpha value is -2.86. The SMILES string of the molecule is CCC(COP=O)c1cccc(OCc2ccc(-c3cc(OC)ncc3F)c(CN(C(C)C)C(C)C)c2)c1. The van der Waals surface area contributed by atoms with Crippen LogP contribution in [0.3, 0.4) is 0 Å². The molecule has 3 aromatic rings. The maximum atomic E-state index is 14.9. The highest BCUT2D eigenvalue weighted by atomic mass is 31.1. The molecule has 1 unspecified atom stereocenters. The molecule has 0 aliphatic rings. The molecule has 6 nitrogen and oxygen atoms in total. The molecule has 0 bridgehead atoms. The molecule has 8 heteroatoms. The lowest BCUT2D eigenvalue weighted by Gasteiger charge is -2.31. The number of methoxy groups -OCH3 is 1. The van der Waals surface area contributed by atoms with Crippen molar-refractivity contribution in [2.45, 2.75) is 72.2 Å². The van der Waals surface area contributed by atoms with Gasteiger partial charge < -0.3 is 9.47 Å². The number of aromatic nitrogens is 1. The largest absolute Gasteiger partial charge is 0.489 e. The second-order valence-electron chi connectivity index (χ2n) is 9.89. The highest BCUT2D eigenvalue weighted by Gasteiger charge is 2.19. The molecule has 0 N–H and O–H groups in total. The number of pyridine rings is 1. The molecular formula is C30H38FN2O4P. The first-order valence-electron chi connectivity index (χ1n) is 13.0. The van der Waals surface area contributed by atoms with Crippen LogP contribution in [-0.2, 0) is 22.2 Å². The van der Waals surface area contributed by atoms with Crippen LogP contribution in [0.5, 0.6) is 11.6 Å². The maximum absolute atomic E-state index is 14.9. The first-order valence-corrected chi connectivity index (χ1v) is 13.7. The van der Waals surface area contributed by atoms with Gasteiger partial charge in [-0.2, -0.15) is 0 Å². The number of ether oxygens (including phenoxy) is 2. The van der Waals surface area contributed by atoms with E-state index in [0.717, 1.165) is 34.4 Å². The number of hydrogen-bond donors (Lipinski definition) is 0. The molecule has 38 heavy (non-hydrogen) atoms.